The smallest absolute Gasteiger partial charge is 0.335 e. The van der Waals surface area contributed by atoms with E-state index >= 15 is 0 Å². The lowest BCUT2D eigenvalue weighted by molar-refractivity contribution is -0.104. The van der Waals surface area contributed by atoms with Crippen molar-refractivity contribution in [2.45, 2.75) is 0 Å². The van der Waals surface area contributed by atoms with Gasteiger partial charge in [-0.25, -0.2) is 4.79 Å². The molecule has 0 aromatic heterocycles. The van der Waals surface area contributed by atoms with Gasteiger partial charge in [-0.2, -0.15) is 0 Å². The Balaban J connectivity index is 2.87. The van der Waals surface area contributed by atoms with Crippen LogP contribution in [0.15, 0.2) is 30.3 Å². The Labute approximate surface area is 75.3 Å². The molecule has 1 aromatic rings. The maximum Gasteiger partial charge on any atom is 0.335 e. The third kappa shape index (κ3) is 2.56. The lowest BCUT2D eigenvalue weighted by Gasteiger charge is -1.94. The molecule has 0 heterocycles. The number of hydrogen-bond acceptors (Lipinski definition) is 2. The van der Waals surface area contributed by atoms with Gasteiger partial charge in [0.25, 0.3) is 0 Å². The van der Waals surface area contributed by atoms with Gasteiger partial charge in [0.05, 0.1) is 5.56 Å². The van der Waals surface area contributed by atoms with Crippen molar-refractivity contribution in [2.24, 2.45) is 0 Å². The van der Waals surface area contributed by atoms with Crippen LogP contribution in [0.4, 0.5) is 0 Å². The van der Waals surface area contributed by atoms with Gasteiger partial charge in [0.1, 0.15) is 6.29 Å². The fourth-order valence-corrected chi connectivity index (χ4v) is 0.887. The normalized spacial score (nSPS) is 10.2. The summed E-state index contributed by atoms with van der Waals surface area (Å²) in [6.45, 7) is 0. The van der Waals surface area contributed by atoms with Crippen LogP contribution in [0, 0.1) is 0 Å². The third-order valence-corrected chi connectivity index (χ3v) is 1.52. The number of hydrogen-bond donors (Lipinski definition) is 1. The van der Waals surface area contributed by atoms with Crippen molar-refractivity contribution in [3.05, 3.63) is 41.5 Å². The zero-order valence-corrected chi connectivity index (χ0v) is 6.81. The summed E-state index contributed by atoms with van der Waals surface area (Å²) in [6.07, 6.45) is 3.64. The quantitative estimate of drug-likeness (QED) is 0.562. The van der Waals surface area contributed by atoms with Crippen LogP contribution in [0.25, 0.3) is 6.08 Å². The van der Waals surface area contributed by atoms with E-state index in [4.69, 9.17) is 5.11 Å². The molecule has 0 radical (unpaired) electrons. The summed E-state index contributed by atoms with van der Waals surface area (Å²) in [6, 6.07) is 6.27. The molecule has 1 N–H and O–H groups in total. The Hall–Kier alpha value is -1.90. The van der Waals surface area contributed by atoms with Crippen LogP contribution in [0.5, 0.6) is 0 Å². The number of aldehydes is 1. The molecule has 0 atom stereocenters. The molecule has 0 saturated heterocycles. The molecule has 0 amide bonds. The van der Waals surface area contributed by atoms with Crippen LogP contribution in [0.1, 0.15) is 15.9 Å². The first-order valence-electron chi connectivity index (χ1n) is 3.69. The largest absolute Gasteiger partial charge is 0.478 e. The van der Waals surface area contributed by atoms with Crippen LogP contribution in [-0.2, 0) is 4.79 Å². The minimum Gasteiger partial charge on any atom is -0.478 e. The number of rotatable bonds is 3. The van der Waals surface area contributed by atoms with Crippen molar-refractivity contribution in [3.8, 4) is 0 Å². The van der Waals surface area contributed by atoms with E-state index in [2.05, 4.69) is 0 Å². The molecule has 0 unspecified atom stereocenters. The first-order chi connectivity index (χ1) is 6.24. The molecule has 0 aliphatic carbocycles. The summed E-state index contributed by atoms with van der Waals surface area (Å²) in [5, 5.41) is 8.58. The standard InChI is InChI=1S/C10H8O3/c11-7-1-2-8-3-5-9(6-4-8)10(12)13/h1-7H,(H,12,13)/b2-1+. The molecule has 3 heteroatoms. The van der Waals surface area contributed by atoms with Crippen LogP contribution in [-0.4, -0.2) is 17.4 Å². The van der Waals surface area contributed by atoms with Crippen LogP contribution in [0.2, 0.25) is 0 Å². The molecule has 0 fully saturated rings. The molecular formula is C10H8O3. The predicted molar refractivity (Wildman–Crippen MR) is 48.5 cm³/mol. The summed E-state index contributed by atoms with van der Waals surface area (Å²) in [5.74, 6) is -0.953. The van der Waals surface area contributed by atoms with Crippen molar-refractivity contribution in [1.82, 2.24) is 0 Å². The Kier molecular flexibility index (Phi) is 2.97. The molecule has 0 aliphatic heterocycles. The summed E-state index contributed by atoms with van der Waals surface area (Å²) >= 11 is 0. The van der Waals surface area contributed by atoms with E-state index in [1.54, 1.807) is 18.2 Å². The zero-order valence-electron chi connectivity index (χ0n) is 6.81. The topological polar surface area (TPSA) is 54.4 Å². The highest BCUT2D eigenvalue weighted by Gasteiger charge is 1.99. The summed E-state index contributed by atoms with van der Waals surface area (Å²) < 4.78 is 0. The maximum absolute atomic E-state index is 10.5. The Bertz CT molecular complexity index is 336. The number of carboxylic acids is 1. The van der Waals surface area contributed by atoms with Gasteiger partial charge in [0, 0.05) is 0 Å². The molecule has 3 nitrogen and oxygen atoms in total. The predicted octanol–water partition coefficient (Wildman–Crippen LogP) is 1.60. The van der Waals surface area contributed by atoms with E-state index in [1.165, 1.54) is 18.2 Å². The first-order valence-corrected chi connectivity index (χ1v) is 3.69. The summed E-state index contributed by atoms with van der Waals surface area (Å²) in [7, 11) is 0. The number of benzene rings is 1. The molecular weight excluding hydrogens is 168 g/mol. The van der Waals surface area contributed by atoms with Crippen molar-refractivity contribution in [1.29, 1.82) is 0 Å². The fraction of sp³-hybridized carbons (Fsp3) is 0. The van der Waals surface area contributed by atoms with Crippen molar-refractivity contribution in [2.75, 3.05) is 0 Å². The molecule has 0 saturated carbocycles. The average Bonchev–Trinajstić information content (AvgIpc) is 2.15. The third-order valence-electron chi connectivity index (χ3n) is 1.52. The minimum atomic E-state index is -0.953. The average molecular weight is 176 g/mol. The lowest BCUT2D eigenvalue weighted by Crippen LogP contribution is -1.94. The van der Waals surface area contributed by atoms with Crippen molar-refractivity contribution < 1.29 is 14.7 Å². The number of carboxylic acid groups (broad SMARTS) is 1. The number of aromatic carboxylic acids is 1. The monoisotopic (exact) mass is 176 g/mol. The lowest BCUT2D eigenvalue weighted by atomic mass is 10.1. The molecule has 1 rings (SSSR count). The maximum atomic E-state index is 10.5. The van der Waals surface area contributed by atoms with Gasteiger partial charge in [-0.1, -0.05) is 18.2 Å². The van der Waals surface area contributed by atoms with Crippen LogP contribution < -0.4 is 0 Å². The molecule has 13 heavy (non-hydrogen) atoms. The van der Waals surface area contributed by atoms with E-state index < -0.39 is 5.97 Å². The highest BCUT2D eigenvalue weighted by molar-refractivity contribution is 5.88. The van der Waals surface area contributed by atoms with E-state index in [-0.39, 0.29) is 5.56 Å². The second-order valence-electron chi connectivity index (χ2n) is 2.42. The van der Waals surface area contributed by atoms with Crippen molar-refractivity contribution >= 4 is 18.3 Å². The SMILES string of the molecule is O=C/C=C/c1ccc(C(=O)O)cc1. The molecule has 0 aliphatic rings. The molecule has 0 bridgehead atoms. The van der Waals surface area contributed by atoms with Crippen molar-refractivity contribution in [3.63, 3.8) is 0 Å². The van der Waals surface area contributed by atoms with E-state index in [9.17, 15) is 9.59 Å². The van der Waals surface area contributed by atoms with Gasteiger partial charge < -0.3 is 5.11 Å². The first kappa shape index (κ1) is 9.19. The van der Waals surface area contributed by atoms with Gasteiger partial charge in [-0.3, -0.25) is 4.79 Å². The van der Waals surface area contributed by atoms with Crippen LogP contribution in [0.3, 0.4) is 0 Å². The van der Waals surface area contributed by atoms with Crippen LogP contribution >= 0.6 is 0 Å². The van der Waals surface area contributed by atoms with Gasteiger partial charge in [0.2, 0.25) is 0 Å². The summed E-state index contributed by atoms with van der Waals surface area (Å²) in [5.41, 5.74) is 1.04. The van der Waals surface area contributed by atoms with E-state index in [1.807, 2.05) is 0 Å². The molecule has 66 valence electrons. The minimum absolute atomic E-state index is 0.239. The van der Waals surface area contributed by atoms with E-state index in [0.717, 1.165) is 5.56 Å². The summed E-state index contributed by atoms with van der Waals surface area (Å²) in [4.78, 5) is 20.4. The van der Waals surface area contributed by atoms with E-state index in [0.29, 0.717) is 6.29 Å². The second kappa shape index (κ2) is 4.21. The number of carbonyl (C=O) groups excluding carboxylic acids is 1. The zero-order chi connectivity index (χ0) is 9.68. The van der Waals surface area contributed by atoms with Gasteiger partial charge >= 0.3 is 5.97 Å². The van der Waals surface area contributed by atoms with Gasteiger partial charge in [0.15, 0.2) is 0 Å². The van der Waals surface area contributed by atoms with Gasteiger partial charge in [-0.15, -0.1) is 0 Å². The fourth-order valence-electron chi connectivity index (χ4n) is 0.887. The molecule has 1 aromatic carbocycles. The number of allylic oxidation sites excluding steroid dienone is 1. The highest BCUT2D eigenvalue weighted by atomic mass is 16.4. The Morgan fingerprint density at radius 1 is 1.23 bits per heavy atom. The van der Waals surface area contributed by atoms with Gasteiger partial charge in [-0.05, 0) is 23.8 Å². The highest BCUT2D eigenvalue weighted by Crippen LogP contribution is 2.05. The number of carbonyl (C=O) groups is 2. The Morgan fingerprint density at radius 2 is 1.85 bits per heavy atom. The molecule has 0 spiro atoms. The second-order valence-corrected chi connectivity index (χ2v) is 2.42. The Morgan fingerprint density at radius 3 is 2.31 bits per heavy atom.